The van der Waals surface area contributed by atoms with Gasteiger partial charge >= 0.3 is 5.97 Å². The molecule has 3 nitrogen and oxygen atoms in total. The monoisotopic (exact) mass is 315 g/mol. The Bertz CT molecular complexity index is 420. The van der Waals surface area contributed by atoms with E-state index in [9.17, 15) is 4.79 Å². The van der Waals surface area contributed by atoms with E-state index in [1.165, 1.54) is 0 Å². The standard InChI is InChI=1S/C15H25NO2S2/c1-9(2)19-14(20-10(3)4)12-11(8-15(5,6)7)16-18-13(12)17/h9-10H,8H2,1-7H3. The van der Waals surface area contributed by atoms with Crippen LogP contribution in [0.2, 0.25) is 0 Å². The largest absolute Gasteiger partial charge is 0.369 e. The Balaban J connectivity index is 3.13. The van der Waals surface area contributed by atoms with Crippen LogP contribution in [0.3, 0.4) is 0 Å². The molecular formula is C15H25NO2S2. The summed E-state index contributed by atoms with van der Waals surface area (Å²) in [6, 6.07) is 0. The van der Waals surface area contributed by atoms with Gasteiger partial charge in [-0.05, 0) is 11.8 Å². The normalized spacial score (nSPS) is 15.9. The molecule has 0 N–H and O–H groups in total. The molecule has 0 aromatic heterocycles. The van der Waals surface area contributed by atoms with E-state index in [0.29, 0.717) is 16.1 Å². The van der Waals surface area contributed by atoms with Crippen molar-refractivity contribution in [2.45, 2.75) is 65.4 Å². The summed E-state index contributed by atoms with van der Waals surface area (Å²) in [5.41, 5.74) is 1.55. The number of thioether (sulfide) groups is 2. The minimum atomic E-state index is -0.305. The minimum Gasteiger partial charge on any atom is -0.312 e. The maximum Gasteiger partial charge on any atom is 0.369 e. The summed E-state index contributed by atoms with van der Waals surface area (Å²) in [6.45, 7) is 14.9. The van der Waals surface area contributed by atoms with Crippen LogP contribution in [-0.4, -0.2) is 22.2 Å². The Morgan fingerprint density at radius 2 is 1.65 bits per heavy atom. The van der Waals surface area contributed by atoms with Gasteiger partial charge in [0.2, 0.25) is 0 Å². The van der Waals surface area contributed by atoms with Crippen molar-refractivity contribution in [1.82, 2.24) is 0 Å². The molecule has 0 radical (unpaired) electrons. The second-order valence-corrected chi connectivity index (χ2v) is 10.1. The number of carbonyl (C=O) groups is 1. The van der Waals surface area contributed by atoms with Gasteiger partial charge in [-0.15, -0.1) is 23.5 Å². The highest BCUT2D eigenvalue weighted by Gasteiger charge is 2.32. The molecule has 5 heteroatoms. The second-order valence-electron chi connectivity index (χ2n) is 6.65. The fourth-order valence-corrected chi connectivity index (χ4v) is 4.57. The molecule has 1 aliphatic rings. The molecule has 114 valence electrons. The van der Waals surface area contributed by atoms with E-state index in [-0.39, 0.29) is 11.4 Å². The smallest absolute Gasteiger partial charge is 0.312 e. The van der Waals surface area contributed by atoms with E-state index in [2.05, 4.69) is 53.6 Å². The number of carbonyl (C=O) groups excluding carboxylic acids is 1. The average Bonchev–Trinajstić information content (AvgIpc) is 2.54. The molecular weight excluding hydrogens is 290 g/mol. The summed E-state index contributed by atoms with van der Waals surface area (Å²) in [6.07, 6.45) is 0.745. The summed E-state index contributed by atoms with van der Waals surface area (Å²) >= 11 is 3.44. The lowest BCUT2D eigenvalue weighted by Gasteiger charge is -2.19. The van der Waals surface area contributed by atoms with Crippen molar-refractivity contribution < 1.29 is 9.63 Å². The van der Waals surface area contributed by atoms with Gasteiger partial charge in [0.05, 0.1) is 9.95 Å². The molecule has 0 saturated carbocycles. The van der Waals surface area contributed by atoms with Crippen LogP contribution in [0.25, 0.3) is 0 Å². The molecule has 0 fully saturated rings. The van der Waals surface area contributed by atoms with E-state index in [0.717, 1.165) is 16.4 Å². The van der Waals surface area contributed by atoms with Crippen molar-refractivity contribution in [3.8, 4) is 0 Å². The van der Waals surface area contributed by atoms with Crippen LogP contribution in [0.5, 0.6) is 0 Å². The molecule has 0 amide bonds. The molecule has 0 aromatic carbocycles. The van der Waals surface area contributed by atoms with Gasteiger partial charge in [-0.1, -0.05) is 53.6 Å². The number of rotatable bonds is 5. The van der Waals surface area contributed by atoms with E-state index in [4.69, 9.17) is 4.84 Å². The van der Waals surface area contributed by atoms with Gasteiger partial charge in [-0.25, -0.2) is 4.79 Å². The first-order chi connectivity index (χ1) is 9.10. The van der Waals surface area contributed by atoms with E-state index < -0.39 is 0 Å². The zero-order valence-electron chi connectivity index (χ0n) is 13.4. The number of nitrogens with zero attached hydrogens (tertiary/aromatic N) is 1. The molecule has 1 heterocycles. The van der Waals surface area contributed by atoms with Crippen LogP contribution in [-0.2, 0) is 9.63 Å². The molecule has 0 atom stereocenters. The maximum atomic E-state index is 12.1. The van der Waals surface area contributed by atoms with Crippen LogP contribution < -0.4 is 0 Å². The zero-order chi connectivity index (χ0) is 15.5. The van der Waals surface area contributed by atoms with Crippen molar-refractivity contribution in [2.24, 2.45) is 10.6 Å². The van der Waals surface area contributed by atoms with Crippen LogP contribution >= 0.6 is 23.5 Å². The first-order valence-electron chi connectivity index (χ1n) is 6.96. The van der Waals surface area contributed by atoms with Crippen molar-refractivity contribution in [3.63, 3.8) is 0 Å². The molecule has 1 rings (SSSR count). The van der Waals surface area contributed by atoms with E-state index >= 15 is 0 Å². The molecule has 0 aromatic rings. The molecule has 0 aliphatic carbocycles. The third kappa shape index (κ3) is 5.52. The highest BCUT2D eigenvalue weighted by Crippen LogP contribution is 2.40. The van der Waals surface area contributed by atoms with E-state index in [1.54, 1.807) is 23.5 Å². The summed E-state index contributed by atoms with van der Waals surface area (Å²) in [7, 11) is 0. The predicted octanol–water partition coefficient (Wildman–Crippen LogP) is 4.83. The fourth-order valence-electron chi connectivity index (χ4n) is 1.70. The molecule has 0 bridgehead atoms. The van der Waals surface area contributed by atoms with Gasteiger partial charge in [0, 0.05) is 10.5 Å². The van der Waals surface area contributed by atoms with Crippen molar-refractivity contribution in [2.75, 3.05) is 0 Å². The minimum absolute atomic E-state index is 0.0775. The summed E-state index contributed by atoms with van der Waals surface area (Å²) in [4.78, 5) is 17.0. The lowest BCUT2D eigenvalue weighted by Crippen LogP contribution is -2.16. The topological polar surface area (TPSA) is 38.7 Å². The number of hydrogen-bond donors (Lipinski definition) is 0. The zero-order valence-corrected chi connectivity index (χ0v) is 15.1. The lowest BCUT2D eigenvalue weighted by atomic mass is 9.88. The van der Waals surface area contributed by atoms with E-state index in [1.807, 2.05) is 0 Å². The van der Waals surface area contributed by atoms with Crippen LogP contribution in [0.15, 0.2) is 15.0 Å². The highest BCUT2D eigenvalue weighted by atomic mass is 32.2. The Labute approximate surface area is 131 Å². The molecule has 0 unspecified atom stereocenters. The Morgan fingerprint density at radius 1 is 1.15 bits per heavy atom. The Morgan fingerprint density at radius 3 is 2.05 bits per heavy atom. The predicted molar refractivity (Wildman–Crippen MR) is 90.1 cm³/mol. The number of hydrogen-bond acceptors (Lipinski definition) is 5. The summed E-state index contributed by atoms with van der Waals surface area (Å²) in [5.74, 6) is -0.305. The average molecular weight is 316 g/mol. The summed E-state index contributed by atoms with van der Waals surface area (Å²) in [5, 5.41) is 4.85. The van der Waals surface area contributed by atoms with Gasteiger partial charge in [0.25, 0.3) is 0 Å². The number of oxime groups is 1. The molecule has 1 aliphatic heterocycles. The van der Waals surface area contributed by atoms with Gasteiger partial charge in [0.1, 0.15) is 5.57 Å². The van der Waals surface area contributed by atoms with Crippen molar-refractivity contribution in [3.05, 3.63) is 9.81 Å². The third-order valence-corrected chi connectivity index (χ3v) is 4.68. The third-order valence-electron chi connectivity index (χ3n) is 2.32. The van der Waals surface area contributed by atoms with Crippen LogP contribution in [0, 0.1) is 5.41 Å². The Kier molecular flexibility index (Phi) is 6.20. The van der Waals surface area contributed by atoms with Crippen LogP contribution in [0.1, 0.15) is 54.9 Å². The van der Waals surface area contributed by atoms with Gasteiger partial charge in [-0.3, -0.25) is 0 Å². The van der Waals surface area contributed by atoms with Gasteiger partial charge in [0.15, 0.2) is 0 Å². The van der Waals surface area contributed by atoms with Crippen LogP contribution in [0.4, 0.5) is 0 Å². The Hall–Kier alpha value is -0.420. The molecule has 20 heavy (non-hydrogen) atoms. The first-order valence-corrected chi connectivity index (χ1v) is 8.72. The molecule has 0 spiro atoms. The fraction of sp³-hybridized carbons (Fsp3) is 0.733. The highest BCUT2D eigenvalue weighted by molar-refractivity contribution is 8.22. The SMILES string of the molecule is CC(C)SC(SC(C)C)=C1C(=O)ON=C1CC(C)(C)C. The lowest BCUT2D eigenvalue weighted by molar-refractivity contribution is -0.136. The maximum absolute atomic E-state index is 12.1. The first kappa shape index (κ1) is 17.6. The quantitative estimate of drug-likeness (QED) is 0.538. The molecule has 0 saturated heterocycles. The van der Waals surface area contributed by atoms with Gasteiger partial charge in [-0.2, -0.15) is 0 Å². The van der Waals surface area contributed by atoms with Crippen molar-refractivity contribution >= 4 is 35.2 Å². The van der Waals surface area contributed by atoms with Crippen molar-refractivity contribution in [1.29, 1.82) is 0 Å². The summed E-state index contributed by atoms with van der Waals surface area (Å²) < 4.78 is 1.04. The van der Waals surface area contributed by atoms with Gasteiger partial charge < -0.3 is 4.84 Å². The second kappa shape index (κ2) is 7.03.